The van der Waals surface area contributed by atoms with Crippen LogP contribution < -0.4 is 0 Å². The Kier molecular flexibility index (Phi) is 7.99. The minimum Gasteiger partial charge on any atom is -0.309 e. The van der Waals surface area contributed by atoms with Gasteiger partial charge in [-0.2, -0.15) is 0 Å². The number of hydrogen-bond acceptors (Lipinski definition) is 3. The van der Waals surface area contributed by atoms with E-state index in [0.717, 1.165) is 38.7 Å². The SMILES string of the molecule is C1=CC(c2ccc(-c3nc(-c4ccccc4)nc(-c4cccc5c4c4ccc6ccccc6c4n5-c4ccccc4)n3)cc2)C2C(=C1)C1(c3ccccc3-c3ccccc31)c1ccccc12. The van der Waals surface area contributed by atoms with Gasteiger partial charge in [0, 0.05) is 50.4 Å². The molecule has 2 aromatic heterocycles. The van der Waals surface area contributed by atoms with Crippen molar-refractivity contribution in [1.82, 2.24) is 19.5 Å². The molecule has 66 heavy (non-hydrogen) atoms. The molecule has 2 unspecified atom stereocenters. The Morgan fingerprint density at radius 3 is 1.80 bits per heavy atom. The molecule has 0 saturated carbocycles. The van der Waals surface area contributed by atoms with Crippen LogP contribution in [-0.4, -0.2) is 19.5 Å². The Morgan fingerprint density at radius 1 is 0.439 bits per heavy atom. The summed E-state index contributed by atoms with van der Waals surface area (Å²) in [5.74, 6) is 2.25. The van der Waals surface area contributed by atoms with Crippen molar-refractivity contribution >= 4 is 32.6 Å². The van der Waals surface area contributed by atoms with Gasteiger partial charge in [-0.15, -0.1) is 0 Å². The second-order valence-electron chi connectivity index (χ2n) is 17.8. The molecule has 0 saturated heterocycles. The summed E-state index contributed by atoms with van der Waals surface area (Å²) in [6.07, 6.45) is 7.10. The summed E-state index contributed by atoms with van der Waals surface area (Å²) in [6.45, 7) is 0. The molecule has 0 N–H and O–H groups in total. The van der Waals surface area contributed by atoms with Crippen LogP contribution in [0.5, 0.6) is 0 Å². The maximum Gasteiger partial charge on any atom is 0.164 e. The molecule has 3 aliphatic rings. The van der Waals surface area contributed by atoms with Gasteiger partial charge in [0.2, 0.25) is 0 Å². The highest BCUT2D eigenvalue weighted by Crippen LogP contribution is 2.66. The molecule has 0 radical (unpaired) electrons. The molecule has 4 nitrogen and oxygen atoms in total. The van der Waals surface area contributed by atoms with Gasteiger partial charge in [0.15, 0.2) is 17.5 Å². The molecule has 1 spiro atoms. The summed E-state index contributed by atoms with van der Waals surface area (Å²) < 4.78 is 2.39. The van der Waals surface area contributed by atoms with Crippen molar-refractivity contribution in [1.29, 1.82) is 0 Å². The van der Waals surface area contributed by atoms with Crippen molar-refractivity contribution in [3.05, 3.63) is 264 Å². The Bertz CT molecular complexity index is 3780. The zero-order valence-corrected chi connectivity index (χ0v) is 35.9. The first-order valence-electron chi connectivity index (χ1n) is 22.9. The van der Waals surface area contributed by atoms with Gasteiger partial charge in [-0.25, -0.2) is 15.0 Å². The first-order valence-corrected chi connectivity index (χ1v) is 22.9. The molecule has 14 rings (SSSR count). The van der Waals surface area contributed by atoms with Gasteiger partial charge in [-0.1, -0.05) is 212 Å². The Hall–Kier alpha value is -8.47. The highest BCUT2D eigenvalue weighted by atomic mass is 15.0. The van der Waals surface area contributed by atoms with Gasteiger partial charge in [-0.05, 0) is 68.1 Å². The smallest absolute Gasteiger partial charge is 0.164 e. The van der Waals surface area contributed by atoms with E-state index >= 15 is 0 Å². The summed E-state index contributed by atoms with van der Waals surface area (Å²) in [6, 6.07) is 76.8. The summed E-state index contributed by atoms with van der Waals surface area (Å²) in [5, 5.41) is 4.67. The van der Waals surface area contributed by atoms with Crippen molar-refractivity contribution in [2.24, 2.45) is 0 Å². The molecular weight excluding hydrogens is 801 g/mol. The van der Waals surface area contributed by atoms with E-state index < -0.39 is 0 Å². The van der Waals surface area contributed by atoms with E-state index in [4.69, 9.17) is 15.0 Å². The van der Waals surface area contributed by atoms with Crippen LogP contribution in [0.1, 0.15) is 39.7 Å². The highest BCUT2D eigenvalue weighted by molar-refractivity contribution is 6.22. The molecule has 2 heterocycles. The fourth-order valence-corrected chi connectivity index (χ4v) is 11.9. The Labute approximate surface area is 382 Å². The number of rotatable bonds is 5. The van der Waals surface area contributed by atoms with Crippen LogP contribution in [0.25, 0.3) is 83.6 Å². The summed E-state index contributed by atoms with van der Waals surface area (Å²) >= 11 is 0. The summed E-state index contributed by atoms with van der Waals surface area (Å²) in [4.78, 5) is 15.8. The van der Waals surface area contributed by atoms with Crippen LogP contribution in [0.4, 0.5) is 0 Å². The van der Waals surface area contributed by atoms with Crippen molar-refractivity contribution in [3.8, 4) is 51.0 Å². The highest BCUT2D eigenvalue weighted by Gasteiger charge is 2.56. The maximum atomic E-state index is 5.36. The van der Waals surface area contributed by atoms with Gasteiger partial charge in [0.1, 0.15) is 0 Å². The van der Waals surface area contributed by atoms with Crippen molar-refractivity contribution in [3.63, 3.8) is 0 Å². The predicted octanol–water partition coefficient (Wildman–Crippen LogP) is 14.8. The van der Waals surface area contributed by atoms with E-state index in [1.165, 1.54) is 60.8 Å². The number of benzene rings is 9. The normalized spacial score (nSPS) is 16.3. The number of fused-ring (bicyclic) bond motifs is 15. The van der Waals surface area contributed by atoms with Crippen LogP contribution in [0, 0.1) is 0 Å². The predicted molar refractivity (Wildman–Crippen MR) is 269 cm³/mol. The molecule has 3 aliphatic carbocycles. The summed E-state index contributed by atoms with van der Waals surface area (Å²) in [7, 11) is 0. The number of allylic oxidation sites excluding steroid dienone is 4. The van der Waals surface area contributed by atoms with Crippen LogP contribution in [0.15, 0.2) is 236 Å². The van der Waals surface area contributed by atoms with Crippen LogP contribution in [0.3, 0.4) is 0 Å². The molecular formula is C62H40N4. The lowest BCUT2D eigenvalue weighted by Gasteiger charge is -2.35. The minimum absolute atomic E-state index is 0.143. The van der Waals surface area contributed by atoms with Crippen LogP contribution in [-0.2, 0) is 5.41 Å². The third-order valence-corrected chi connectivity index (χ3v) is 14.5. The average Bonchev–Trinajstić information content (AvgIpc) is 4.01. The number of para-hydroxylation sites is 1. The van der Waals surface area contributed by atoms with E-state index in [9.17, 15) is 0 Å². The van der Waals surface area contributed by atoms with E-state index in [-0.39, 0.29) is 17.3 Å². The molecule has 11 aromatic rings. The second kappa shape index (κ2) is 14.3. The van der Waals surface area contributed by atoms with Gasteiger partial charge in [-0.3, -0.25) is 0 Å². The molecule has 0 bridgehead atoms. The number of hydrogen-bond donors (Lipinski definition) is 0. The largest absolute Gasteiger partial charge is 0.309 e. The van der Waals surface area contributed by atoms with Gasteiger partial charge in [0.25, 0.3) is 0 Å². The fourth-order valence-electron chi connectivity index (χ4n) is 11.9. The Balaban J connectivity index is 0.913. The van der Waals surface area contributed by atoms with Gasteiger partial charge < -0.3 is 4.57 Å². The topological polar surface area (TPSA) is 43.6 Å². The van der Waals surface area contributed by atoms with E-state index in [0.29, 0.717) is 17.5 Å². The number of aromatic nitrogens is 4. The lowest BCUT2D eigenvalue weighted by Crippen LogP contribution is -2.28. The van der Waals surface area contributed by atoms with Crippen LogP contribution in [0.2, 0.25) is 0 Å². The zero-order valence-electron chi connectivity index (χ0n) is 35.9. The molecule has 9 aromatic carbocycles. The molecule has 4 heteroatoms. The average molecular weight is 841 g/mol. The third kappa shape index (κ3) is 5.18. The monoisotopic (exact) mass is 840 g/mol. The standard InChI is InChI=1S/C62H40N4/c1-3-18-41(19-4-1)59-63-60(65-61(64-59)50-27-16-32-55-57(50)49-38-37-39-17-7-8-22-45(39)58(49)66(55)43-20-5-2-6-21-43)42-35-33-40(34-36-42)44-26-15-31-54-56(44)48-25-11-14-30-53(48)62(54)51-28-12-9-23-46(51)47-24-10-13-29-52(47)62/h1-38,44,56H. The summed E-state index contributed by atoms with van der Waals surface area (Å²) in [5.41, 5.74) is 16.8. The van der Waals surface area contributed by atoms with E-state index in [1.807, 2.05) is 18.2 Å². The van der Waals surface area contributed by atoms with Gasteiger partial charge >= 0.3 is 0 Å². The lowest BCUT2D eigenvalue weighted by atomic mass is 9.67. The molecule has 308 valence electrons. The molecule has 0 amide bonds. The van der Waals surface area contributed by atoms with E-state index in [1.54, 1.807) is 0 Å². The molecule has 0 aliphatic heterocycles. The van der Waals surface area contributed by atoms with Crippen molar-refractivity contribution in [2.75, 3.05) is 0 Å². The molecule has 0 fully saturated rings. The molecule has 2 atom stereocenters. The third-order valence-electron chi connectivity index (χ3n) is 14.5. The first kappa shape index (κ1) is 37.0. The first-order chi connectivity index (χ1) is 32.8. The van der Waals surface area contributed by atoms with Gasteiger partial charge in [0.05, 0.1) is 16.4 Å². The maximum absolute atomic E-state index is 5.36. The number of nitrogens with zero attached hydrogens (tertiary/aromatic N) is 4. The van der Waals surface area contributed by atoms with E-state index in [2.05, 4.69) is 217 Å². The van der Waals surface area contributed by atoms with Crippen LogP contribution >= 0.6 is 0 Å². The minimum atomic E-state index is -0.337. The zero-order chi connectivity index (χ0) is 43.3. The van der Waals surface area contributed by atoms with Crippen molar-refractivity contribution in [2.45, 2.75) is 17.3 Å². The quantitative estimate of drug-likeness (QED) is 0.173. The second-order valence-corrected chi connectivity index (χ2v) is 17.8. The van der Waals surface area contributed by atoms with Crippen molar-refractivity contribution < 1.29 is 0 Å². The lowest BCUT2D eigenvalue weighted by molar-refractivity contribution is 0.653. The fraction of sp³-hybridized carbons (Fsp3) is 0.0484. The Morgan fingerprint density at radius 2 is 1.05 bits per heavy atom.